The second-order valence-electron chi connectivity index (χ2n) is 2.56. The Kier molecular flexibility index (Phi) is 1.42. The number of halogens is 1. The first kappa shape index (κ1) is 6.23. The van der Waals surface area contributed by atoms with Gasteiger partial charge in [0.2, 0.25) is 0 Å². The van der Waals surface area contributed by atoms with E-state index in [1.54, 1.807) is 0 Å². The summed E-state index contributed by atoms with van der Waals surface area (Å²) in [6, 6.07) is 8.33. The van der Waals surface area contributed by atoms with E-state index in [0.717, 1.165) is 18.2 Å². The van der Waals surface area contributed by atoms with Crippen molar-refractivity contribution in [1.82, 2.24) is 0 Å². The molecule has 0 aromatic heterocycles. The van der Waals surface area contributed by atoms with Gasteiger partial charge in [0, 0.05) is 0 Å². The molecule has 0 amide bonds. The van der Waals surface area contributed by atoms with Gasteiger partial charge in [-0.2, -0.15) is 0 Å². The summed E-state index contributed by atoms with van der Waals surface area (Å²) in [4.78, 5) is 0. The highest BCUT2D eigenvalue weighted by Crippen LogP contribution is 2.34. The van der Waals surface area contributed by atoms with Crippen LogP contribution in [0.1, 0.15) is 17.5 Å². The zero-order chi connectivity index (χ0) is 6.97. The van der Waals surface area contributed by atoms with E-state index in [1.165, 1.54) is 11.1 Å². The molecule has 1 heteroatoms. The van der Waals surface area contributed by atoms with E-state index in [0.29, 0.717) is 0 Å². The van der Waals surface area contributed by atoms with E-state index in [4.69, 9.17) is 11.6 Å². The third-order valence-electron chi connectivity index (χ3n) is 1.92. The summed E-state index contributed by atoms with van der Waals surface area (Å²) in [5.41, 5.74) is 2.65. The zero-order valence-corrected chi connectivity index (χ0v) is 6.36. The second kappa shape index (κ2) is 2.28. The fourth-order valence-electron chi connectivity index (χ4n) is 1.38. The topological polar surface area (TPSA) is 0 Å². The molecule has 1 aromatic rings. The van der Waals surface area contributed by atoms with Crippen LogP contribution in [0.15, 0.2) is 24.3 Å². The van der Waals surface area contributed by atoms with Crippen LogP contribution in [0.2, 0.25) is 0 Å². The van der Waals surface area contributed by atoms with Crippen molar-refractivity contribution in [2.75, 3.05) is 0 Å². The van der Waals surface area contributed by atoms with E-state index >= 15 is 0 Å². The van der Waals surface area contributed by atoms with Gasteiger partial charge in [0.25, 0.3) is 0 Å². The maximum Gasteiger partial charge on any atom is 0.0933 e. The van der Waals surface area contributed by atoms with E-state index in [9.17, 15) is 0 Å². The molecule has 0 saturated heterocycles. The molecule has 0 heterocycles. The lowest BCUT2D eigenvalue weighted by molar-refractivity contribution is 1.01. The van der Waals surface area contributed by atoms with Crippen LogP contribution in [0.25, 0.3) is 0 Å². The van der Waals surface area contributed by atoms with E-state index < -0.39 is 0 Å². The van der Waals surface area contributed by atoms with Crippen molar-refractivity contribution in [3.8, 4) is 0 Å². The van der Waals surface area contributed by atoms with E-state index in [-0.39, 0.29) is 0 Å². The highest BCUT2D eigenvalue weighted by Gasteiger charge is 2.19. The molecule has 0 fully saturated rings. The predicted octanol–water partition coefficient (Wildman–Crippen LogP) is 2.75. The van der Waals surface area contributed by atoms with Crippen molar-refractivity contribution in [1.29, 1.82) is 0 Å². The molecule has 10 heavy (non-hydrogen) atoms. The lowest BCUT2D eigenvalue weighted by Crippen LogP contribution is -1.81. The predicted molar refractivity (Wildman–Crippen MR) is 43.0 cm³/mol. The maximum absolute atomic E-state index is 5.96. The molecule has 1 aliphatic rings. The first-order chi connectivity index (χ1) is 4.88. The molecule has 0 bridgehead atoms. The summed E-state index contributed by atoms with van der Waals surface area (Å²) < 4.78 is 0. The van der Waals surface area contributed by atoms with Crippen molar-refractivity contribution in [2.24, 2.45) is 0 Å². The van der Waals surface area contributed by atoms with Gasteiger partial charge in [0.05, 0.1) is 5.38 Å². The Balaban J connectivity index is 2.51. The number of rotatable bonds is 0. The molecule has 1 aromatic carbocycles. The van der Waals surface area contributed by atoms with Crippen LogP contribution in [-0.2, 0) is 6.42 Å². The molecule has 1 radical (unpaired) electrons. The number of benzene rings is 1. The fraction of sp³-hybridized carbons (Fsp3) is 0.222. The minimum Gasteiger partial charge on any atom is -0.112 e. The third kappa shape index (κ3) is 0.836. The van der Waals surface area contributed by atoms with E-state index in [2.05, 4.69) is 18.2 Å². The van der Waals surface area contributed by atoms with Gasteiger partial charge in [-0.05, 0) is 24.0 Å². The Bertz CT molecular complexity index is 242. The average molecular weight is 152 g/mol. The van der Waals surface area contributed by atoms with E-state index in [1.807, 2.05) is 6.07 Å². The number of fused-ring (bicyclic) bond motifs is 1. The van der Waals surface area contributed by atoms with Crippen molar-refractivity contribution in [2.45, 2.75) is 12.8 Å². The molecule has 0 aliphatic heterocycles. The summed E-state index contributed by atoms with van der Waals surface area (Å²) in [6.07, 6.45) is 2.15. The fourth-order valence-corrected chi connectivity index (χ4v) is 1.66. The monoisotopic (exact) mass is 151 g/mol. The molecule has 1 aliphatic carbocycles. The standard InChI is InChI=1S/C9H8Cl/c10-9-6-5-7-3-1-2-4-8(7)9/h1-4H,5-6H2. The normalized spacial score (nSPS) is 17.3. The molecule has 2 rings (SSSR count). The molecule has 0 atom stereocenters. The quantitative estimate of drug-likeness (QED) is 0.535. The van der Waals surface area contributed by atoms with Crippen LogP contribution in [0.5, 0.6) is 0 Å². The van der Waals surface area contributed by atoms with Gasteiger partial charge < -0.3 is 0 Å². The first-order valence-electron chi connectivity index (χ1n) is 3.47. The lowest BCUT2D eigenvalue weighted by Gasteiger charge is -1.98. The number of hydrogen-bond acceptors (Lipinski definition) is 0. The molecular weight excluding hydrogens is 144 g/mol. The van der Waals surface area contributed by atoms with Crippen LogP contribution < -0.4 is 0 Å². The van der Waals surface area contributed by atoms with Gasteiger partial charge in [-0.15, -0.1) is 11.6 Å². The Morgan fingerprint density at radius 2 is 1.90 bits per heavy atom. The molecule has 0 N–H and O–H groups in total. The third-order valence-corrected chi connectivity index (χ3v) is 2.32. The Morgan fingerprint density at radius 1 is 1.10 bits per heavy atom. The number of aryl methyl sites for hydroxylation is 1. The van der Waals surface area contributed by atoms with Crippen molar-refractivity contribution in [3.05, 3.63) is 40.8 Å². The highest BCUT2D eigenvalue weighted by molar-refractivity contribution is 6.29. The van der Waals surface area contributed by atoms with Gasteiger partial charge in [-0.25, -0.2) is 0 Å². The summed E-state index contributed by atoms with van der Waals surface area (Å²) >= 11 is 5.96. The van der Waals surface area contributed by atoms with Crippen molar-refractivity contribution in [3.63, 3.8) is 0 Å². The summed E-state index contributed by atoms with van der Waals surface area (Å²) in [5, 5.41) is 1.02. The van der Waals surface area contributed by atoms with Crippen molar-refractivity contribution < 1.29 is 0 Å². The Hall–Kier alpha value is -0.490. The van der Waals surface area contributed by atoms with Gasteiger partial charge >= 0.3 is 0 Å². The Morgan fingerprint density at radius 3 is 2.70 bits per heavy atom. The molecule has 51 valence electrons. The van der Waals surface area contributed by atoms with Crippen molar-refractivity contribution >= 4 is 11.6 Å². The van der Waals surface area contributed by atoms with Crippen LogP contribution in [-0.4, -0.2) is 0 Å². The molecule has 0 unspecified atom stereocenters. The van der Waals surface area contributed by atoms with Gasteiger partial charge in [-0.1, -0.05) is 24.3 Å². The minimum absolute atomic E-state index is 1.02. The second-order valence-corrected chi connectivity index (χ2v) is 3.02. The highest BCUT2D eigenvalue weighted by atomic mass is 35.5. The van der Waals surface area contributed by atoms with Gasteiger partial charge in [-0.3, -0.25) is 0 Å². The van der Waals surface area contributed by atoms with Crippen LogP contribution in [0.3, 0.4) is 0 Å². The molecular formula is C9H8Cl. The number of hydrogen-bond donors (Lipinski definition) is 0. The smallest absolute Gasteiger partial charge is 0.0933 e. The SMILES string of the molecule is Cl[C]1CCc2ccccc21. The lowest BCUT2D eigenvalue weighted by atomic mass is 10.1. The first-order valence-corrected chi connectivity index (χ1v) is 3.85. The molecule has 0 saturated carbocycles. The molecule has 0 spiro atoms. The Labute approximate surface area is 65.8 Å². The minimum atomic E-state index is 1.02. The molecule has 0 nitrogen and oxygen atoms in total. The maximum atomic E-state index is 5.96. The zero-order valence-electron chi connectivity index (χ0n) is 5.60. The van der Waals surface area contributed by atoms with Crippen LogP contribution >= 0.6 is 11.6 Å². The van der Waals surface area contributed by atoms with Crippen LogP contribution in [0, 0.1) is 5.38 Å². The van der Waals surface area contributed by atoms with Crippen LogP contribution in [0.4, 0.5) is 0 Å². The largest absolute Gasteiger partial charge is 0.112 e. The summed E-state index contributed by atoms with van der Waals surface area (Å²) in [6.45, 7) is 0. The summed E-state index contributed by atoms with van der Waals surface area (Å²) in [7, 11) is 0. The summed E-state index contributed by atoms with van der Waals surface area (Å²) in [5.74, 6) is 0. The average Bonchev–Trinajstić information content (AvgIpc) is 2.34. The van der Waals surface area contributed by atoms with Gasteiger partial charge in [0.1, 0.15) is 0 Å². The van der Waals surface area contributed by atoms with Gasteiger partial charge in [0.15, 0.2) is 0 Å².